The molecule has 0 aromatic carbocycles. The summed E-state index contributed by atoms with van der Waals surface area (Å²) in [5.74, 6) is 0. The Morgan fingerprint density at radius 2 is 1.14 bits per heavy atom. The molecule has 0 bridgehead atoms. The van der Waals surface area contributed by atoms with Crippen molar-refractivity contribution >= 4 is 7.82 Å². The molecule has 0 aliphatic carbocycles. The SMILES string of the molecule is O=P(O)(O)O.[NH2-].[Zr]. The van der Waals surface area contributed by atoms with Crippen LogP contribution in [0.4, 0.5) is 0 Å². The number of hydrogen-bond acceptors (Lipinski definition) is 1. The maximum Gasteiger partial charge on any atom is 0.466 e. The van der Waals surface area contributed by atoms with Gasteiger partial charge in [0.2, 0.25) is 0 Å². The molecule has 0 heterocycles. The van der Waals surface area contributed by atoms with Crippen molar-refractivity contribution in [3.05, 3.63) is 6.15 Å². The van der Waals surface area contributed by atoms with Gasteiger partial charge in [0.05, 0.1) is 0 Å². The van der Waals surface area contributed by atoms with Crippen LogP contribution in [0, 0.1) is 0 Å². The standard InChI is InChI=1S/H2N.H3O4P.Zr/c;1-5(2,3)4;/h1H2;(H3,1,2,3,4);/q-1;;. The van der Waals surface area contributed by atoms with E-state index in [4.69, 9.17) is 19.2 Å². The van der Waals surface area contributed by atoms with Gasteiger partial charge >= 0.3 is 7.82 Å². The summed E-state index contributed by atoms with van der Waals surface area (Å²) < 4.78 is 8.88. The van der Waals surface area contributed by atoms with Crippen LogP contribution in [0.1, 0.15) is 0 Å². The molecule has 0 unspecified atom stereocenters. The van der Waals surface area contributed by atoms with Gasteiger partial charge in [0.25, 0.3) is 0 Å². The van der Waals surface area contributed by atoms with Crippen molar-refractivity contribution in [2.24, 2.45) is 0 Å². The van der Waals surface area contributed by atoms with E-state index in [1.807, 2.05) is 0 Å². The molecule has 0 aliphatic rings. The summed E-state index contributed by atoms with van der Waals surface area (Å²) in [7, 11) is -4.64. The first-order chi connectivity index (χ1) is 2.00. The van der Waals surface area contributed by atoms with Crippen molar-refractivity contribution in [3.8, 4) is 0 Å². The fourth-order valence-electron chi connectivity index (χ4n) is 0. The van der Waals surface area contributed by atoms with E-state index >= 15 is 0 Å². The van der Waals surface area contributed by atoms with Gasteiger partial charge in [-0.15, -0.1) is 0 Å². The molecule has 0 aromatic heterocycles. The molecule has 0 rings (SSSR count). The molecule has 0 aromatic rings. The van der Waals surface area contributed by atoms with Gasteiger partial charge in [-0.05, 0) is 0 Å². The molecule has 7 heteroatoms. The Morgan fingerprint density at radius 3 is 1.14 bits per heavy atom. The Balaban J connectivity index is -0.0000000800. The Hall–Kier alpha value is 0.953. The van der Waals surface area contributed by atoms with Gasteiger partial charge in [-0.1, -0.05) is 0 Å². The van der Waals surface area contributed by atoms with Crippen molar-refractivity contribution in [2.75, 3.05) is 0 Å². The smallest absolute Gasteiger partial charge is 0.466 e. The van der Waals surface area contributed by atoms with Gasteiger partial charge in [0.1, 0.15) is 0 Å². The maximum absolute atomic E-state index is 8.88. The fourth-order valence-corrected chi connectivity index (χ4v) is 0. The minimum Gasteiger partial charge on any atom is -0.693 e. The average molecular weight is 205 g/mol. The molecule has 0 saturated carbocycles. The number of hydrogen-bond donors (Lipinski definition) is 3. The van der Waals surface area contributed by atoms with Crippen LogP contribution in [0.5, 0.6) is 0 Å². The molecule has 5 N–H and O–H groups in total. The van der Waals surface area contributed by atoms with Crippen molar-refractivity contribution in [1.82, 2.24) is 0 Å². The molecule has 44 valence electrons. The molecular weight excluding hydrogens is 200 g/mol. The van der Waals surface area contributed by atoms with E-state index in [0.717, 1.165) is 0 Å². The summed E-state index contributed by atoms with van der Waals surface area (Å²) in [4.78, 5) is 21.6. The Kier molecular flexibility index (Phi) is 11.4. The topological polar surface area (TPSA) is 111 Å². The molecule has 0 spiro atoms. The van der Waals surface area contributed by atoms with Crippen LogP contribution in [0.15, 0.2) is 0 Å². The minimum absolute atomic E-state index is 0. The summed E-state index contributed by atoms with van der Waals surface area (Å²) in [6.07, 6.45) is 0. The first-order valence-corrected chi connectivity index (χ1v) is 2.35. The second-order valence-corrected chi connectivity index (χ2v) is 1.54. The van der Waals surface area contributed by atoms with Gasteiger partial charge in [0.15, 0.2) is 0 Å². The van der Waals surface area contributed by atoms with Crippen molar-refractivity contribution < 1.29 is 45.4 Å². The second-order valence-electron chi connectivity index (χ2n) is 0.513. The van der Waals surface area contributed by atoms with Gasteiger partial charge < -0.3 is 20.8 Å². The normalized spacial score (nSPS) is 8.43. The quantitative estimate of drug-likeness (QED) is 0.475. The number of nitrogens with two attached hydrogens (primary N) is 1. The monoisotopic (exact) mass is 204 g/mol. The van der Waals surface area contributed by atoms with Crippen LogP contribution >= 0.6 is 7.82 Å². The van der Waals surface area contributed by atoms with Crippen LogP contribution in [0.25, 0.3) is 6.15 Å². The number of phosphoric acid groups is 1. The third kappa shape index (κ3) is 188. The predicted octanol–water partition coefficient (Wildman–Crippen LogP) is -0.214. The maximum atomic E-state index is 8.88. The third-order valence-electron chi connectivity index (χ3n) is 0. The van der Waals surface area contributed by atoms with Crippen LogP contribution in [-0.2, 0) is 30.8 Å². The van der Waals surface area contributed by atoms with Crippen molar-refractivity contribution in [2.45, 2.75) is 0 Å². The molecule has 0 amide bonds. The predicted molar refractivity (Wildman–Crippen MR) is 19.5 cm³/mol. The van der Waals surface area contributed by atoms with Gasteiger partial charge in [-0.2, -0.15) is 0 Å². The second kappa shape index (κ2) is 5.10. The van der Waals surface area contributed by atoms with E-state index in [0.29, 0.717) is 0 Å². The Morgan fingerprint density at radius 1 is 1.14 bits per heavy atom. The van der Waals surface area contributed by atoms with Crippen LogP contribution in [0.2, 0.25) is 0 Å². The molecule has 0 atom stereocenters. The molecule has 7 heavy (non-hydrogen) atoms. The van der Waals surface area contributed by atoms with Crippen LogP contribution in [-0.4, -0.2) is 14.7 Å². The summed E-state index contributed by atoms with van der Waals surface area (Å²) in [6.45, 7) is 0. The summed E-state index contributed by atoms with van der Waals surface area (Å²) in [6, 6.07) is 0. The zero-order valence-electron chi connectivity index (χ0n) is 3.27. The van der Waals surface area contributed by atoms with Crippen LogP contribution in [0.3, 0.4) is 0 Å². The molecule has 0 radical (unpaired) electrons. The fraction of sp³-hybridized carbons (Fsp3) is 0. The van der Waals surface area contributed by atoms with E-state index in [-0.39, 0.29) is 32.4 Å². The summed E-state index contributed by atoms with van der Waals surface area (Å²) in [5.41, 5.74) is 0. The van der Waals surface area contributed by atoms with Crippen molar-refractivity contribution in [3.63, 3.8) is 0 Å². The zero-order valence-corrected chi connectivity index (χ0v) is 6.63. The third-order valence-corrected chi connectivity index (χ3v) is 0. The molecular formula is H5NO4PZr-. The Labute approximate surface area is 59.7 Å². The van der Waals surface area contributed by atoms with E-state index in [1.54, 1.807) is 0 Å². The first-order valence-electron chi connectivity index (χ1n) is 0.783. The van der Waals surface area contributed by atoms with Crippen LogP contribution < -0.4 is 0 Å². The molecule has 0 aliphatic heterocycles. The summed E-state index contributed by atoms with van der Waals surface area (Å²) in [5, 5.41) is 0. The van der Waals surface area contributed by atoms with Gasteiger partial charge in [-0.3, -0.25) is 0 Å². The largest absolute Gasteiger partial charge is 0.693 e. The number of rotatable bonds is 0. The molecule has 0 fully saturated rings. The van der Waals surface area contributed by atoms with Gasteiger partial charge in [-0.25, -0.2) is 4.57 Å². The first kappa shape index (κ1) is 15.7. The van der Waals surface area contributed by atoms with E-state index in [2.05, 4.69) is 0 Å². The summed E-state index contributed by atoms with van der Waals surface area (Å²) >= 11 is 0. The zero-order chi connectivity index (χ0) is 4.50. The minimum atomic E-state index is -4.64. The van der Waals surface area contributed by atoms with Gasteiger partial charge in [0, 0.05) is 26.2 Å². The molecule has 5 nitrogen and oxygen atoms in total. The van der Waals surface area contributed by atoms with E-state index in [9.17, 15) is 0 Å². The van der Waals surface area contributed by atoms with E-state index < -0.39 is 7.82 Å². The van der Waals surface area contributed by atoms with Crippen molar-refractivity contribution in [1.29, 1.82) is 0 Å². The average Bonchev–Trinajstić information content (AvgIpc) is 0.722. The Bertz CT molecular complexity index is 57.8. The molecule has 0 saturated heterocycles. The van der Waals surface area contributed by atoms with E-state index in [1.165, 1.54) is 0 Å².